The molecule has 1 aromatic heterocycles. The van der Waals surface area contributed by atoms with Gasteiger partial charge in [-0.25, -0.2) is 4.98 Å². The third-order valence-electron chi connectivity index (χ3n) is 2.32. The first-order valence-corrected chi connectivity index (χ1v) is 5.33. The summed E-state index contributed by atoms with van der Waals surface area (Å²) in [6, 6.07) is 6.92. The molecule has 5 heteroatoms. The Kier molecular flexibility index (Phi) is 3.51. The summed E-state index contributed by atoms with van der Waals surface area (Å²) >= 11 is 0. The van der Waals surface area contributed by atoms with Gasteiger partial charge in [0.15, 0.2) is 0 Å². The van der Waals surface area contributed by atoms with Gasteiger partial charge in [0.2, 0.25) is 5.88 Å². The lowest BCUT2D eigenvalue weighted by atomic mass is 10.1. The van der Waals surface area contributed by atoms with Gasteiger partial charge in [-0.2, -0.15) is 5.26 Å². The van der Waals surface area contributed by atoms with E-state index in [1.165, 1.54) is 6.20 Å². The number of hydrogen-bond donors (Lipinski definition) is 1. The maximum absolute atomic E-state index is 9.01. The summed E-state index contributed by atoms with van der Waals surface area (Å²) in [4.78, 5) is 8.10. The van der Waals surface area contributed by atoms with Crippen LogP contribution in [0, 0.1) is 18.3 Å². The number of benzene rings is 1. The summed E-state index contributed by atoms with van der Waals surface area (Å²) in [6.45, 7) is 1.72. The molecular formula is C13H11N3O2. The largest absolute Gasteiger partial charge is 0.436 e. The third-order valence-corrected chi connectivity index (χ3v) is 2.32. The highest BCUT2D eigenvalue weighted by Crippen LogP contribution is 2.24. The van der Waals surface area contributed by atoms with Crippen LogP contribution in [0.4, 0.5) is 0 Å². The van der Waals surface area contributed by atoms with Crippen LogP contribution in [0.1, 0.15) is 16.8 Å². The van der Waals surface area contributed by atoms with Gasteiger partial charge in [-0.1, -0.05) is 6.07 Å². The number of hydrogen-bond acceptors (Lipinski definition) is 5. The number of rotatable bonds is 3. The van der Waals surface area contributed by atoms with Gasteiger partial charge < -0.3 is 9.84 Å². The molecule has 2 rings (SSSR count). The first-order chi connectivity index (χ1) is 8.72. The fraction of sp³-hybridized carbons (Fsp3) is 0.154. The minimum absolute atomic E-state index is 0.112. The van der Waals surface area contributed by atoms with E-state index in [1.54, 1.807) is 24.4 Å². The zero-order valence-electron chi connectivity index (χ0n) is 9.79. The fourth-order valence-corrected chi connectivity index (χ4v) is 1.40. The van der Waals surface area contributed by atoms with Gasteiger partial charge >= 0.3 is 0 Å². The maximum Gasteiger partial charge on any atom is 0.237 e. The van der Waals surface area contributed by atoms with Crippen molar-refractivity contribution in [2.24, 2.45) is 0 Å². The molecule has 0 saturated heterocycles. The van der Waals surface area contributed by atoms with Gasteiger partial charge in [0.05, 0.1) is 30.3 Å². The lowest BCUT2D eigenvalue weighted by molar-refractivity contribution is 0.281. The summed E-state index contributed by atoms with van der Waals surface area (Å²) in [5.41, 5.74) is 1.80. The molecule has 18 heavy (non-hydrogen) atoms. The summed E-state index contributed by atoms with van der Waals surface area (Å²) in [5.74, 6) is 0.724. The maximum atomic E-state index is 9.01. The minimum Gasteiger partial charge on any atom is -0.436 e. The lowest BCUT2D eigenvalue weighted by Gasteiger charge is -2.07. The molecule has 0 aliphatic heterocycles. The first kappa shape index (κ1) is 12.0. The van der Waals surface area contributed by atoms with Crippen LogP contribution >= 0.6 is 0 Å². The van der Waals surface area contributed by atoms with Gasteiger partial charge in [-0.15, -0.1) is 0 Å². The average Bonchev–Trinajstić information content (AvgIpc) is 2.41. The minimum atomic E-state index is -0.112. The number of aryl methyl sites for hydroxylation is 1. The van der Waals surface area contributed by atoms with E-state index in [-0.39, 0.29) is 6.61 Å². The molecule has 0 saturated carbocycles. The Morgan fingerprint density at radius 3 is 2.78 bits per heavy atom. The van der Waals surface area contributed by atoms with Crippen molar-refractivity contribution < 1.29 is 9.84 Å². The number of aliphatic hydroxyl groups excluding tert-OH is 1. The topological polar surface area (TPSA) is 79.0 Å². The molecular weight excluding hydrogens is 230 g/mol. The van der Waals surface area contributed by atoms with Crippen molar-refractivity contribution in [3.05, 3.63) is 47.4 Å². The standard InChI is InChI=1S/C13H11N3O2/c1-9-6-16-13(7-15-9)18-12-3-2-10(8-17)4-11(12)5-14/h2-4,6-7,17H,8H2,1H3. The molecule has 0 spiro atoms. The smallest absolute Gasteiger partial charge is 0.237 e. The first-order valence-electron chi connectivity index (χ1n) is 5.33. The Labute approximate surface area is 104 Å². The van der Waals surface area contributed by atoms with Crippen molar-refractivity contribution in [1.29, 1.82) is 5.26 Å². The van der Waals surface area contributed by atoms with Gasteiger partial charge in [0.25, 0.3) is 0 Å². The molecule has 0 aliphatic rings. The highest BCUT2D eigenvalue weighted by Gasteiger charge is 2.06. The van der Waals surface area contributed by atoms with Crippen LogP contribution < -0.4 is 4.74 Å². The molecule has 0 unspecified atom stereocenters. The fourth-order valence-electron chi connectivity index (χ4n) is 1.40. The van der Waals surface area contributed by atoms with Crippen molar-refractivity contribution >= 4 is 0 Å². The van der Waals surface area contributed by atoms with E-state index >= 15 is 0 Å². The summed E-state index contributed by atoms with van der Waals surface area (Å²) in [6.07, 6.45) is 3.08. The second-order valence-electron chi connectivity index (χ2n) is 3.70. The van der Waals surface area contributed by atoms with Crippen LogP contribution in [0.5, 0.6) is 11.6 Å². The van der Waals surface area contributed by atoms with E-state index in [0.717, 1.165) is 5.69 Å². The Morgan fingerprint density at radius 2 is 2.17 bits per heavy atom. The van der Waals surface area contributed by atoms with Gasteiger partial charge in [-0.3, -0.25) is 4.98 Å². The van der Waals surface area contributed by atoms with Crippen LogP contribution in [0.3, 0.4) is 0 Å². The molecule has 1 aromatic carbocycles. The molecule has 0 amide bonds. The summed E-state index contributed by atoms with van der Waals surface area (Å²) in [5, 5.41) is 18.0. The van der Waals surface area contributed by atoms with E-state index in [0.29, 0.717) is 22.8 Å². The second kappa shape index (κ2) is 5.25. The number of ether oxygens (including phenoxy) is 1. The number of nitrogens with zero attached hydrogens (tertiary/aromatic N) is 3. The van der Waals surface area contributed by atoms with Crippen LogP contribution in [0.15, 0.2) is 30.6 Å². The van der Waals surface area contributed by atoms with Crippen molar-refractivity contribution in [2.45, 2.75) is 13.5 Å². The quantitative estimate of drug-likeness (QED) is 0.888. The van der Waals surface area contributed by atoms with Gasteiger partial charge in [-0.05, 0) is 24.6 Å². The monoisotopic (exact) mass is 241 g/mol. The van der Waals surface area contributed by atoms with Gasteiger partial charge in [0, 0.05) is 0 Å². The second-order valence-corrected chi connectivity index (χ2v) is 3.70. The number of nitriles is 1. The predicted molar refractivity (Wildman–Crippen MR) is 63.9 cm³/mol. The van der Waals surface area contributed by atoms with Gasteiger partial charge in [0.1, 0.15) is 11.8 Å². The summed E-state index contributed by atoms with van der Waals surface area (Å²) < 4.78 is 5.48. The van der Waals surface area contributed by atoms with Crippen molar-refractivity contribution in [1.82, 2.24) is 9.97 Å². The molecule has 0 bridgehead atoms. The van der Waals surface area contributed by atoms with Crippen LogP contribution in [-0.4, -0.2) is 15.1 Å². The highest BCUT2D eigenvalue weighted by molar-refractivity contribution is 5.46. The van der Waals surface area contributed by atoms with E-state index in [2.05, 4.69) is 9.97 Å². The molecule has 5 nitrogen and oxygen atoms in total. The number of aromatic nitrogens is 2. The van der Waals surface area contributed by atoms with E-state index in [1.807, 2.05) is 13.0 Å². The lowest BCUT2D eigenvalue weighted by Crippen LogP contribution is -1.94. The molecule has 0 aliphatic carbocycles. The Balaban J connectivity index is 2.29. The molecule has 90 valence electrons. The Bertz CT molecular complexity index is 588. The molecule has 0 atom stereocenters. The Morgan fingerprint density at radius 1 is 1.33 bits per heavy atom. The predicted octanol–water partition coefficient (Wildman–Crippen LogP) is 1.94. The Hall–Kier alpha value is -2.45. The van der Waals surface area contributed by atoms with Crippen LogP contribution in [-0.2, 0) is 6.61 Å². The zero-order chi connectivity index (χ0) is 13.0. The van der Waals surface area contributed by atoms with Crippen LogP contribution in [0.2, 0.25) is 0 Å². The normalized spacial score (nSPS) is 9.83. The zero-order valence-corrected chi connectivity index (χ0v) is 9.79. The SMILES string of the molecule is Cc1cnc(Oc2ccc(CO)cc2C#N)cn1. The third kappa shape index (κ3) is 2.62. The molecule has 2 aromatic rings. The molecule has 1 heterocycles. The number of aliphatic hydroxyl groups is 1. The van der Waals surface area contributed by atoms with E-state index < -0.39 is 0 Å². The molecule has 0 radical (unpaired) electrons. The van der Waals surface area contributed by atoms with E-state index in [4.69, 9.17) is 15.1 Å². The highest BCUT2D eigenvalue weighted by atomic mass is 16.5. The molecule has 0 fully saturated rings. The van der Waals surface area contributed by atoms with Crippen molar-refractivity contribution in [3.63, 3.8) is 0 Å². The van der Waals surface area contributed by atoms with Crippen molar-refractivity contribution in [3.8, 4) is 17.7 Å². The van der Waals surface area contributed by atoms with E-state index in [9.17, 15) is 0 Å². The van der Waals surface area contributed by atoms with Crippen LogP contribution in [0.25, 0.3) is 0 Å². The molecule has 1 N–H and O–H groups in total. The summed E-state index contributed by atoms with van der Waals surface area (Å²) in [7, 11) is 0. The van der Waals surface area contributed by atoms with Crippen molar-refractivity contribution in [2.75, 3.05) is 0 Å². The average molecular weight is 241 g/mol.